The Morgan fingerprint density at radius 1 is 1.31 bits per heavy atom. The molecule has 1 aromatic rings. The monoisotopic (exact) mass is 300 g/mol. The van der Waals surface area contributed by atoms with E-state index in [1.54, 1.807) is 0 Å². The average molecular weight is 301 g/mol. The molecule has 1 aromatic heterocycles. The van der Waals surface area contributed by atoms with Gasteiger partial charge in [-0.15, -0.1) is 0 Å². The number of thioether (sulfide) groups is 1. The molecule has 0 saturated heterocycles. The maximum atomic E-state index is 4.17. The van der Waals surface area contributed by atoms with Crippen LogP contribution in [0.4, 0.5) is 5.69 Å². The van der Waals surface area contributed by atoms with Gasteiger partial charge >= 0.3 is 0 Å². The molecule has 1 aliphatic rings. The molecule has 4 heteroatoms. The summed E-state index contributed by atoms with van der Waals surface area (Å²) in [4.78, 5) is 4.17. The predicted octanol–water partition coefficient (Wildman–Crippen LogP) is 3.93. The van der Waals surface area contributed by atoms with Gasteiger partial charge in [-0.05, 0) is 53.9 Å². The van der Waals surface area contributed by atoms with E-state index in [2.05, 4.69) is 38.6 Å². The topological polar surface area (TPSA) is 24.9 Å². The second-order valence-corrected chi connectivity index (χ2v) is 6.30. The largest absolute Gasteiger partial charge is 0.381 e. The van der Waals surface area contributed by atoms with E-state index < -0.39 is 0 Å². The van der Waals surface area contributed by atoms with Gasteiger partial charge in [-0.1, -0.05) is 0 Å². The minimum atomic E-state index is 0.625. The molecule has 0 spiro atoms. The van der Waals surface area contributed by atoms with Gasteiger partial charge in [0.05, 0.1) is 11.9 Å². The summed E-state index contributed by atoms with van der Waals surface area (Å²) in [5.41, 5.74) is 1.13. The van der Waals surface area contributed by atoms with E-state index in [1.807, 2.05) is 24.2 Å². The second kappa shape index (κ2) is 5.92. The first-order valence-corrected chi connectivity index (χ1v) is 7.76. The summed E-state index contributed by atoms with van der Waals surface area (Å²) >= 11 is 5.45. The number of anilines is 1. The molecule has 0 radical (unpaired) electrons. The van der Waals surface area contributed by atoms with E-state index in [1.165, 1.54) is 25.7 Å². The zero-order valence-corrected chi connectivity index (χ0v) is 11.9. The fourth-order valence-electron chi connectivity index (χ4n) is 2.17. The Kier molecular flexibility index (Phi) is 4.53. The molecule has 88 valence electrons. The Morgan fingerprint density at radius 3 is 2.69 bits per heavy atom. The third kappa shape index (κ3) is 3.39. The molecule has 0 atom stereocenters. The summed E-state index contributed by atoms with van der Waals surface area (Å²) in [6, 6.07) is 2.72. The molecule has 0 aromatic carbocycles. The highest BCUT2D eigenvalue weighted by Crippen LogP contribution is 2.28. The minimum Gasteiger partial charge on any atom is -0.381 e. The highest BCUT2D eigenvalue weighted by atomic mass is 79.9. The van der Waals surface area contributed by atoms with E-state index in [-0.39, 0.29) is 0 Å². The molecule has 2 nitrogen and oxygen atoms in total. The molecule has 0 unspecified atom stereocenters. The summed E-state index contributed by atoms with van der Waals surface area (Å²) in [5.74, 6) is 0. The van der Waals surface area contributed by atoms with Crippen LogP contribution < -0.4 is 5.32 Å². The molecule has 1 saturated carbocycles. The molecular formula is C12H17BrN2S. The highest BCUT2D eigenvalue weighted by molar-refractivity contribution is 9.10. The van der Waals surface area contributed by atoms with Crippen molar-refractivity contribution in [3.63, 3.8) is 0 Å². The zero-order valence-electron chi connectivity index (χ0n) is 9.45. The first kappa shape index (κ1) is 12.2. The Labute approximate surface area is 110 Å². The van der Waals surface area contributed by atoms with Gasteiger partial charge in [0, 0.05) is 22.0 Å². The minimum absolute atomic E-state index is 0.625. The van der Waals surface area contributed by atoms with Crippen LogP contribution in [0.1, 0.15) is 25.7 Å². The summed E-state index contributed by atoms with van der Waals surface area (Å²) in [7, 11) is 0. The molecule has 16 heavy (non-hydrogen) atoms. The molecule has 1 N–H and O–H groups in total. The van der Waals surface area contributed by atoms with Crippen molar-refractivity contribution < 1.29 is 0 Å². The van der Waals surface area contributed by atoms with Crippen molar-refractivity contribution in [3.05, 3.63) is 22.9 Å². The first-order chi connectivity index (χ1) is 7.78. The lowest BCUT2D eigenvalue weighted by Gasteiger charge is -2.28. The van der Waals surface area contributed by atoms with Crippen LogP contribution in [0, 0.1) is 0 Å². The first-order valence-electron chi connectivity index (χ1n) is 5.68. The number of hydrogen-bond acceptors (Lipinski definition) is 3. The number of pyridine rings is 1. The normalized spacial score (nSPS) is 25.4. The van der Waals surface area contributed by atoms with Crippen LogP contribution in [-0.2, 0) is 0 Å². The van der Waals surface area contributed by atoms with Gasteiger partial charge in [0.1, 0.15) is 0 Å². The summed E-state index contributed by atoms with van der Waals surface area (Å²) in [6.45, 7) is 0. The van der Waals surface area contributed by atoms with Gasteiger partial charge in [-0.2, -0.15) is 11.8 Å². The third-order valence-electron chi connectivity index (χ3n) is 3.08. The molecule has 1 aliphatic carbocycles. The van der Waals surface area contributed by atoms with Crippen molar-refractivity contribution in [2.45, 2.75) is 37.0 Å². The average Bonchev–Trinajstić information content (AvgIpc) is 2.30. The highest BCUT2D eigenvalue weighted by Gasteiger charge is 2.20. The zero-order chi connectivity index (χ0) is 11.4. The molecular weight excluding hydrogens is 284 g/mol. The second-order valence-electron chi connectivity index (χ2n) is 4.25. The van der Waals surface area contributed by atoms with Gasteiger partial charge in [0.25, 0.3) is 0 Å². The summed E-state index contributed by atoms with van der Waals surface area (Å²) in [5, 5.41) is 4.44. The lowest BCUT2D eigenvalue weighted by atomic mass is 9.95. The van der Waals surface area contributed by atoms with Crippen molar-refractivity contribution in [1.29, 1.82) is 0 Å². The Bertz CT molecular complexity index is 338. The van der Waals surface area contributed by atoms with E-state index in [0.717, 1.165) is 15.4 Å². The molecule has 1 fully saturated rings. The Balaban J connectivity index is 1.87. The lowest BCUT2D eigenvalue weighted by molar-refractivity contribution is 0.473. The predicted molar refractivity (Wildman–Crippen MR) is 75.1 cm³/mol. The fourth-order valence-corrected chi connectivity index (χ4v) is 3.28. The SMILES string of the molecule is CSC1CCC(Nc2cncc(Br)c2)CC1. The van der Waals surface area contributed by atoms with Crippen LogP contribution >= 0.6 is 27.7 Å². The van der Waals surface area contributed by atoms with Crippen LogP contribution in [0.2, 0.25) is 0 Å². The van der Waals surface area contributed by atoms with Gasteiger partial charge in [0.2, 0.25) is 0 Å². The van der Waals surface area contributed by atoms with E-state index in [0.29, 0.717) is 6.04 Å². The number of aromatic nitrogens is 1. The number of hydrogen-bond donors (Lipinski definition) is 1. The molecule has 0 amide bonds. The number of nitrogens with zero attached hydrogens (tertiary/aromatic N) is 1. The fraction of sp³-hybridized carbons (Fsp3) is 0.583. The molecule has 1 heterocycles. The van der Waals surface area contributed by atoms with Crippen LogP contribution in [0.15, 0.2) is 22.9 Å². The van der Waals surface area contributed by atoms with Gasteiger partial charge in [0.15, 0.2) is 0 Å². The smallest absolute Gasteiger partial charge is 0.0540 e. The third-order valence-corrected chi connectivity index (χ3v) is 4.65. The standard InChI is InChI=1S/C12H17BrN2S/c1-16-12-4-2-10(3-5-12)15-11-6-9(13)7-14-8-11/h6-8,10,12,15H,2-5H2,1H3. The van der Waals surface area contributed by atoms with Crippen LogP contribution in [0.25, 0.3) is 0 Å². The van der Waals surface area contributed by atoms with Crippen molar-refractivity contribution in [2.24, 2.45) is 0 Å². The van der Waals surface area contributed by atoms with Crippen molar-refractivity contribution in [2.75, 3.05) is 11.6 Å². The van der Waals surface area contributed by atoms with Crippen molar-refractivity contribution >= 4 is 33.4 Å². The Morgan fingerprint density at radius 2 is 2.06 bits per heavy atom. The van der Waals surface area contributed by atoms with Gasteiger partial charge < -0.3 is 5.32 Å². The molecule has 0 bridgehead atoms. The number of halogens is 1. The van der Waals surface area contributed by atoms with Crippen LogP contribution in [0.3, 0.4) is 0 Å². The quantitative estimate of drug-likeness (QED) is 0.915. The number of nitrogens with one attached hydrogen (secondary N) is 1. The summed E-state index contributed by atoms with van der Waals surface area (Å²) in [6.07, 6.45) is 11.1. The van der Waals surface area contributed by atoms with E-state index in [9.17, 15) is 0 Å². The van der Waals surface area contributed by atoms with Crippen LogP contribution in [0.5, 0.6) is 0 Å². The maximum Gasteiger partial charge on any atom is 0.0540 e. The maximum absolute atomic E-state index is 4.17. The lowest BCUT2D eigenvalue weighted by Crippen LogP contribution is -2.27. The molecule has 0 aliphatic heterocycles. The van der Waals surface area contributed by atoms with Crippen molar-refractivity contribution in [1.82, 2.24) is 4.98 Å². The van der Waals surface area contributed by atoms with E-state index >= 15 is 0 Å². The van der Waals surface area contributed by atoms with Crippen molar-refractivity contribution in [3.8, 4) is 0 Å². The van der Waals surface area contributed by atoms with E-state index in [4.69, 9.17) is 0 Å². The van der Waals surface area contributed by atoms with Gasteiger partial charge in [-0.3, -0.25) is 4.98 Å². The Hall–Kier alpha value is -0.220. The molecule has 2 rings (SSSR count). The van der Waals surface area contributed by atoms with Crippen LogP contribution in [-0.4, -0.2) is 22.5 Å². The van der Waals surface area contributed by atoms with Gasteiger partial charge in [-0.25, -0.2) is 0 Å². The summed E-state index contributed by atoms with van der Waals surface area (Å²) < 4.78 is 1.04. The number of rotatable bonds is 3.